The number of likely N-dealkylation sites (N-methyl/N-ethyl adjacent to an activating group) is 1. The van der Waals surface area contributed by atoms with Crippen molar-refractivity contribution in [1.82, 2.24) is 9.47 Å². The summed E-state index contributed by atoms with van der Waals surface area (Å²) in [6, 6.07) is 15.5. The van der Waals surface area contributed by atoms with E-state index in [0.717, 1.165) is 26.2 Å². The van der Waals surface area contributed by atoms with E-state index >= 15 is 0 Å². The van der Waals surface area contributed by atoms with Crippen LogP contribution < -0.4 is 0 Å². The molecule has 0 unspecified atom stereocenters. The zero-order chi connectivity index (χ0) is 14.8. The third kappa shape index (κ3) is 2.56. The van der Waals surface area contributed by atoms with Gasteiger partial charge in [0.15, 0.2) is 0 Å². The van der Waals surface area contributed by atoms with Crippen molar-refractivity contribution in [3.63, 3.8) is 0 Å². The third-order valence-corrected chi connectivity index (χ3v) is 4.46. The number of hydrogen-bond donors (Lipinski definition) is 0. The van der Waals surface area contributed by atoms with Gasteiger partial charge in [-0.3, -0.25) is 0 Å². The summed E-state index contributed by atoms with van der Waals surface area (Å²) in [6.07, 6.45) is 0. The molecule has 0 atom stereocenters. The Bertz CT molecular complexity index is 751. The number of aromatic nitrogens is 1. The lowest BCUT2D eigenvalue weighted by Gasteiger charge is -2.19. The minimum Gasteiger partial charge on any atom is -0.339 e. The molecular formula is C19H24N2. The minimum absolute atomic E-state index is 1.05. The van der Waals surface area contributed by atoms with Gasteiger partial charge in [0, 0.05) is 34.9 Å². The monoisotopic (exact) mass is 280 g/mol. The molecule has 0 saturated carbocycles. The summed E-state index contributed by atoms with van der Waals surface area (Å²) in [5.41, 5.74) is 4.04. The smallest absolute Gasteiger partial charge is 0.0494 e. The maximum atomic E-state index is 2.48. The fraction of sp³-hybridized carbons (Fsp3) is 0.368. The van der Waals surface area contributed by atoms with Crippen LogP contribution in [0.2, 0.25) is 0 Å². The molecule has 0 amide bonds. The second-order valence-corrected chi connectivity index (χ2v) is 5.72. The van der Waals surface area contributed by atoms with E-state index in [1.165, 1.54) is 27.4 Å². The predicted octanol–water partition coefficient (Wildman–Crippen LogP) is 4.44. The maximum absolute atomic E-state index is 2.48. The largest absolute Gasteiger partial charge is 0.339 e. The Labute approximate surface area is 127 Å². The van der Waals surface area contributed by atoms with Crippen molar-refractivity contribution in [3.05, 3.63) is 48.0 Å². The topological polar surface area (TPSA) is 8.17 Å². The molecule has 0 radical (unpaired) electrons. The van der Waals surface area contributed by atoms with Gasteiger partial charge in [0.25, 0.3) is 0 Å². The first kappa shape index (κ1) is 14.2. The van der Waals surface area contributed by atoms with E-state index < -0.39 is 0 Å². The number of nitrogens with zero attached hydrogens (tertiary/aromatic N) is 2. The molecule has 1 heterocycles. The Kier molecular flexibility index (Phi) is 3.98. The van der Waals surface area contributed by atoms with Gasteiger partial charge in [-0.15, -0.1) is 0 Å². The molecule has 0 fully saturated rings. The molecule has 110 valence electrons. The van der Waals surface area contributed by atoms with Crippen molar-refractivity contribution in [2.24, 2.45) is 0 Å². The van der Waals surface area contributed by atoms with Crippen LogP contribution >= 0.6 is 0 Å². The van der Waals surface area contributed by atoms with E-state index in [1.54, 1.807) is 0 Å². The van der Waals surface area contributed by atoms with Crippen LogP contribution in [-0.4, -0.2) is 29.1 Å². The normalized spacial score (nSPS) is 11.8. The van der Waals surface area contributed by atoms with E-state index in [4.69, 9.17) is 0 Å². The lowest BCUT2D eigenvalue weighted by atomic mass is 10.1. The molecule has 3 aromatic rings. The quantitative estimate of drug-likeness (QED) is 0.670. The molecule has 21 heavy (non-hydrogen) atoms. The van der Waals surface area contributed by atoms with Gasteiger partial charge in [-0.05, 0) is 37.7 Å². The molecule has 0 aliphatic heterocycles. The van der Waals surface area contributed by atoms with E-state index in [1.807, 2.05) is 0 Å². The highest BCUT2D eigenvalue weighted by Crippen LogP contribution is 2.29. The number of rotatable bonds is 5. The number of para-hydroxylation sites is 1. The van der Waals surface area contributed by atoms with Gasteiger partial charge in [-0.25, -0.2) is 0 Å². The first-order valence-electron chi connectivity index (χ1n) is 7.94. The SMILES string of the molecule is CCN(CC)CCn1c2ccccc2c2ccc(C)cc21. The molecular weight excluding hydrogens is 256 g/mol. The second kappa shape index (κ2) is 5.90. The highest BCUT2D eigenvalue weighted by Gasteiger charge is 2.10. The Hall–Kier alpha value is -1.80. The van der Waals surface area contributed by atoms with Crippen molar-refractivity contribution in [3.8, 4) is 0 Å². The number of fused-ring (bicyclic) bond motifs is 3. The van der Waals surface area contributed by atoms with E-state index in [2.05, 4.69) is 72.7 Å². The summed E-state index contributed by atoms with van der Waals surface area (Å²) in [5.74, 6) is 0. The first-order chi connectivity index (χ1) is 10.2. The van der Waals surface area contributed by atoms with Gasteiger partial charge in [0.1, 0.15) is 0 Å². The average molecular weight is 280 g/mol. The highest BCUT2D eigenvalue weighted by molar-refractivity contribution is 6.08. The van der Waals surface area contributed by atoms with Gasteiger partial charge in [-0.1, -0.05) is 44.2 Å². The standard InChI is InChI=1S/C19H24N2/c1-4-20(5-2)12-13-21-18-9-7-6-8-16(18)17-11-10-15(3)14-19(17)21/h6-11,14H,4-5,12-13H2,1-3H3. The molecule has 2 heteroatoms. The maximum Gasteiger partial charge on any atom is 0.0494 e. The summed E-state index contributed by atoms with van der Waals surface area (Å²) in [7, 11) is 0. The molecule has 2 aromatic carbocycles. The fourth-order valence-electron chi connectivity index (χ4n) is 3.18. The molecule has 0 bridgehead atoms. The van der Waals surface area contributed by atoms with E-state index in [-0.39, 0.29) is 0 Å². The summed E-state index contributed by atoms with van der Waals surface area (Å²) < 4.78 is 2.48. The minimum atomic E-state index is 1.05. The number of aryl methyl sites for hydroxylation is 1. The molecule has 1 aromatic heterocycles. The molecule has 0 spiro atoms. The molecule has 2 nitrogen and oxygen atoms in total. The van der Waals surface area contributed by atoms with Crippen LogP contribution in [0.15, 0.2) is 42.5 Å². The summed E-state index contributed by atoms with van der Waals surface area (Å²) in [5, 5.41) is 2.74. The van der Waals surface area contributed by atoms with Crippen molar-refractivity contribution < 1.29 is 0 Å². The van der Waals surface area contributed by atoms with Crippen LogP contribution in [0, 0.1) is 6.92 Å². The lowest BCUT2D eigenvalue weighted by molar-refractivity contribution is 0.293. The van der Waals surface area contributed by atoms with Gasteiger partial charge in [0.2, 0.25) is 0 Å². The third-order valence-electron chi connectivity index (χ3n) is 4.46. The average Bonchev–Trinajstić information content (AvgIpc) is 2.82. The molecule has 0 N–H and O–H groups in total. The molecule has 3 rings (SSSR count). The van der Waals surface area contributed by atoms with Gasteiger partial charge < -0.3 is 9.47 Å². The van der Waals surface area contributed by atoms with Gasteiger partial charge in [0.05, 0.1) is 0 Å². The van der Waals surface area contributed by atoms with Crippen LogP contribution in [0.4, 0.5) is 0 Å². The van der Waals surface area contributed by atoms with E-state index in [9.17, 15) is 0 Å². The lowest BCUT2D eigenvalue weighted by Crippen LogP contribution is -2.26. The van der Waals surface area contributed by atoms with Crippen molar-refractivity contribution in [2.45, 2.75) is 27.3 Å². The van der Waals surface area contributed by atoms with E-state index in [0.29, 0.717) is 0 Å². The molecule has 0 aliphatic carbocycles. The van der Waals surface area contributed by atoms with Crippen LogP contribution in [0.1, 0.15) is 19.4 Å². The summed E-state index contributed by atoms with van der Waals surface area (Å²) in [6.45, 7) is 11.0. The van der Waals surface area contributed by atoms with Crippen molar-refractivity contribution in [1.29, 1.82) is 0 Å². The molecule has 0 aliphatic rings. The van der Waals surface area contributed by atoms with Crippen LogP contribution in [0.3, 0.4) is 0 Å². The van der Waals surface area contributed by atoms with Gasteiger partial charge >= 0.3 is 0 Å². The van der Waals surface area contributed by atoms with Gasteiger partial charge in [-0.2, -0.15) is 0 Å². The number of hydrogen-bond acceptors (Lipinski definition) is 1. The zero-order valence-electron chi connectivity index (χ0n) is 13.3. The number of benzene rings is 2. The van der Waals surface area contributed by atoms with Crippen molar-refractivity contribution in [2.75, 3.05) is 19.6 Å². The molecule has 0 saturated heterocycles. The Morgan fingerprint density at radius 3 is 2.38 bits per heavy atom. The Morgan fingerprint density at radius 2 is 1.62 bits per heavy atom. The zero-order valence-corrected chi connectivity index (χ0v) is 13.3. The van der Waals surface area contributed by atoms with Crippen LogP contribution in [-0.2, 0) is 6.54 Å². The first-order valence-corrected chi connectivity index (χ1v) is 7.94. The summed E-state index contributed by atoms with van der Waals surface area (Å²) >= 11 is 0. The summed E-state index contributed by atoms with van der Waals surface area (Å²) in [4.78, 5) is 2.48. The second-order valence-electron chi connectivity index (χ2n) is 5.72. The Balaban J connectivity index is 2.11. The van der Waals surface area contributed by atoms with Crippen LogP contribution in [0.5, 0.6) is 0 Å². The van der Waals surface area contributed by atoms with Crippen molar-refractivity contribution >= 4 is 21.8 Å². The predicted molar refractivity (Wildman–Crippen MR) is 92.0 cm³/mol. The highest BCUT2D eigenvalue weighted by atomic mass is 15.1. The van der Waals surface area contributed by atoms with Crippen LogP contribution in [0.25, 0.3) is 21.8 Å². The fourth-order valence-corrected chi connectivity index (χ4v) is 3.18. The Morgan fingerprint density at radius 1 is 0.905 bits per heavy atom.